The smallest absolute Gasteiger partial charge is 0.185 e. The molecular weight excluding hydrogens is 186 g/mol. The summed E-state index contributed by atoms with van der Waals surface area (Å²) >= 11 is 0. The zero-order valence-corrected chi connectivity index (χ0v) is 8.63. The molecule has 1 heterocycles. The average molecular weight is 199 g/mol. The van der Waals surface area contributed by atoms with E-state index in [4.69, 9.17) is 0 Å². The van der Waals surface area contributed by atoms with Gasteiger partial charge in [-0.05, 0) is 19.1 Å². The van der Waals surface area contributed by atoms with Crippen LogP contribution >= 0.6 is 0 Å². The van der Waals surface area contributed by atoms with Crippen molar-refractivity contribution in [2.45, 2.75) is 13.0 Å². The van der Waals surface area contributed by atoms with Gasteiger partial charge in [-0.3, -0.25) is 4.79 Å². The van der Waals surface area contributed by atoms with Crippen LogP contribution in [0.5, 0.6) is 0 Å². The van der Waals surface area contributed by atoms with Crippen LogP contribution < -0.4 is 0 Å². The standard InChI is InChI=1S/C13H13NO/c1-11(14-9-5-6-10-14)13(15)12-7-3-2-4-8-12/h2-11H,1H3. The van der Waals surface area contributed by atoms with E-state index in [2.05, 4.69) is 0 Å². The molecule has 2 nitrogen and oxygen atoms in total. The molecule has 0 aliphatic carbocycles. The maximum absolute atomic E-state index is 12.0. The lowest BCUT2D eigenvalue weighted by atomic mass is 10.1. The summed E-state index contributed by atoms with van der Waals surface area (Å²) in [5.74, 6) is 0.145. The summed E-state index contributed by atoms with van der Waals surface area (Å²) in [6.45, 7) is 1.91. The highest BCUT2D eigenvalue weighted by atomic mass is 16.1. The number of Topliss-reactive ketones (excluding diaryl/α,β-unsaturated/α-hetero) is 1. The maximum atomic E-state index is 12.0. The molecule has 1 aromatic heterocycles. The van der Waals surface area contributed by atoms with Crippen LogP contribution in [0.1, 0.15) is 23.3 Å². The lowest BCUT2D eigenvalue weighted by Crippen LogP contribution is -2.14. The van der Waals surface area contributed by atoms with Gasteiger partial charge in [0.05, 0.1) is 6.04 Å². The molecule has 1 aromatic carbocycles. The van der Waals surface area contributed by atoms with E-state index in [1.165, 1.54) is 0 Å². The quantitative estimate of drug-likeness (QED) is 0.696. The van der Waals surface area contributed by atoms with Gasteiger partial charge in [0, 0.05) is 18.0 Å². The van der Waals surface area contributed by atoms with E-state index in [1.54, 1.807) is 0 Å². The fraction of sp³-hybridized carbons (Fsp3) is 0.154. The molecule has 0 N–H and O–H groups in total. The first-order valence-electron chi connectivity index (χ1n) is 5.01. The van der Waals surface area contributed by atoms with Crippen LogP contribution in [0.25, 0.3) is 0 Å². The maximum Gasteiger partial charge on any atom is 0.185 e. The van der Waals surface area contributed by atoms with Crippen LogP contribution in [0.2, 0.25) is 0 Å². The Bertz CT molecular complexity index is 431. The van der Waals surface area contributed by atoms with Crippen molar-refractivity contribution < 1.29 is 4.79 Å². The van der Waals surface area contributed by atoms with Gasteiger partial charge >= 0.3 is 0 Å². The fourth-order valence-electron chi connectivity index (χ4n) is 1.59. The summed E-state index contributed by atoms with van der Waals surface area (Å²) in [6, 6.07) is 13.1. The first-order valence-corrected chi connectivity index (χ1v) is 5.01. The molecular formula is C13H13NO. The van der Waals surface area contributed by atoms with Gasteiger partial charge in [0.1, 0.15) is 0 Å². The fourth-order valence-corrected chi connectivity index (χ4v) is 1.59. The number of hydrogen-bond donors (Lipinski definition) is 0. The zero-order chi connectivity index (χ0) is 10.7. The second kappa shape index (κ2) is 4.13. The molecule has 76 valence electrons. The molecule has 2 aromatic rings. The first-order chi connectivity index (χ1) is 7.29. The number of ketones is 1. The highest BCUT2D eigenvalue weighted by Gasteiger charge is 2.14. The third kappa shape index (κ3) is 1.99. The van der Waals surface area contributed by atoms with Crippen LogP contribution in [0.15, 0.2) is 54.9 Å². The molecule has 0 saturated carbocycles. The number of rotatable bonds is 3. The van der Waals surface area contributed by atoms with Crippen LogP contribution in [0.4, 0.5) is 0 Å². The molecule has 0 aliphatic rings. The normalized spacial score (nSPS) is 12.3. The molecule has 2 rings (SSSR count). The van der Waals surface area contributed by atoms with E-state index in [0.29, 0.717) is 0 Å². The SMILES string of the molecule is CC(C(=O)c1ccccc1)n1cccc1. The average Bonchev–Trinajstić information content (AvgIpc) is 2.82. The molecule has 0 radical (unpaired) electrons. The van der Waals surface area contributed by atoms with Gasteiger partial charge in [0.25, 0.3) is 0 Å². The van der Waals surface area contributed by atoms with Crippen LogP contribution in [0, 0.1) is 0 Å². The van der Waals surface area contributed by atoms with Crippen LogP contribution in [-0.4, -0.2) is 10.4 Å². The van der Waals surface area contributed by atoms with Crippen molar-refractivity contribution >= 4 is 5.78 Å². The molecule has 15 heavy (non-hydrogen) atoms. The van der Waals surface area contributed by atoms with Crippen LogP contribution in [-0.2, 0) is 0 Å². The highest BCUT2D eigenvalue weighted by Crippen LogP contribution is 2.13. The van der Waals surface area contributed by atoms with Gasteiger partial charge < -0.3 is 4.57 Å². The Morgan fingerprint density at radius 2 is 1.67 bits per heavy atom. The van der Waals surface area contributed by atoms with E-state index in [-0.39, 0.29) is 11.8 Å². The Morgan fingerprint density at radius 3 is 2.27 bits per heavy atom. The van der Waals surface area contributed by atoms with E-state index >= 15 is 0 Å². The number of benzene rings is 1. The molecule has 1 unspecified atom stereocenters. The van der Waals surface area contributed by atoms with E-state index in [9.17, 15) is 4.79 Å². The first kappa shape index (κ1) is 9.71. The van der Waals surface area contributed by atoms with Gasteiger partial charge in [0.15, 0.2) is 5.78 Å². The number of aromatic nitrogens is 1. The van der Waals surface area contributed by atoms with Gasteiger partial charge in [-0.15, -0.1) is 0 Å². The monoisotopic (exact) mass is 199 g/mol. The predicted molar refractivity (Wildman–Crippen MR) is 59.9 cm³/mol. The number of carbonyl (C=O) groups excluding carboxylic acids is 1. The Hall–Kier alpha value is -1.83. The minimum Gasteiger partial charge on any atom is -0.344 e. The summed E-state index contributed by atoms with van der Waals surface area (Å²) in [4.78, 5) is 12.0. The van der Waals surface area contributed by atoms with Crippen molar-refractivity contribution in [3.63, 3.8) is 0 Å². The lowest BCUT2D eigenvalue weighted by Gasteiger charge is -2.12. The van der Waals surface area contributed by atoms with E-state index in [0.717, 1.165) is 5.56 Å². The van der Waals surface area contributed by atoms with Crippen molar-refractivity contribution in [2.75, 3.05) is 0 Å². The number of carbonyl (C=O) groups is 1. The van der Waals surface area contributed by atoms with E-state index in [1.807, 2.05) is 66.3 Å². The van der Waals surface area contributed by atoms with Gasteiger partial charge in [0.2, 0.25) is 0 Å². The number of nitrogens with zero attached hydrogens (tertiary/aromatic N) is 1. The number of hydrogen-bond acceptors (Lipinski definition) is 1. The van der Waals surface area contributed by atoms with Crippen molar-refractivity contribution in [1.82, 2.24) is 4.57 Å². The molecule has 0 fully saturated rings. The van der Waals surface area contributed by atoms with Gasteiger partial charge in [-0.25, -0.2) is 0 Å². The molecule has 0 aliphatic heterocycles. The minimum atomic E-state index is -0.137. The van der Waals surface area contributed by atoms with Crippen molar-refractivity contribution in [3.05, 3.63) is 60.4 Å². The Morgan fingerprint density at radius 1 is 1.07 bits per heavy atom. The summed E-state index contributed by atoms with van der Waals surface area (Å²) in [5, 5.41) is 0. The Balaban J connectivity index is 2.23. The predicted octanol–water partition coefficient (Wildman–Crippen LogP) is 2.93. The lowest BCUT2D eigenvalue weighted by molar-refractivity contribution is 0.0935. The largest absolute Gasteiger partial charge is 0.344 e. The third-order valence-electron chi connectivity index (χ3n) is 2.51. The minimum absolute atomic E-state index is 0.137. The topological polar surface area (TPSA) is 22.0 Å². The summed E-state index contributed by atoms with van der Waals surface area (Å²) in [5.41, 5.74) is 0.763. The zero-order valence-electron chi connectivity index (χ0n) is 8.63. The van der Waals surface area contributed by atoms with Gasteiger partial charge in [-0.2, -0.15) is 0 Å². The summed E-state index contributed by atoms with van der Waals surface area (Å²) in [6.07, 6.45) is 3.82. The molecule has 0 amide bonds. The molecule has 2 heteroatoms. The highest BCUT2D eigenvalue weighted by molar-refractivity contribution is 5.98. The second-order valence-electron chi connectivity index (χ2n) is 3.54. The summed E-state index contributed by atoms with van der Waals surface area (Å²) < 4.78 is 1.91. The van der Waals surface area contributed by atoms with E-state index < -0.39 is 0 Å². The summed E-state index contributed by atoms with van der Waals surface area (Å²) in [7, 11) is 0. The van der Waals surface area contributed by atoms with Crippen molar-refractivity contribution in [2.24, 2.45) is 0 Å². The van der Waals surface area contributed by atoms with Crippen LogP contribution in [0.3, 0.4) is 0 Å². The Kier molecular flexibility index (Phi) is 2.68. The van der Waals surface area contributed by atoms with Gasteiger partial charge in [-0.1, -0.05) is 30.3 Å². The van der Waals surface area contributed by atoms with Crippen molar-refractivity contribution in [3.8, 4) is 0 Å². The molecule has 0 spiro atoms. The molecule has 1 atom stereocenters. The Labute approximate surface area is 89.2 Å². The molecule has 0 saturated heterocycles. The van der Waals surface area contributed by atoms with Crippen molar-refractivity contribution in [1.29, 1.82) is 0 Å². The second-order valence-corrected chi connectivity index (χ2v) is 3.54. The third-order valence-corrected chi connectivity index (χ3v) is 2.51. The molecule has 0 bridgehead atoms.